The monoisotopic (exact) mass is 481 g/mol. The van der Waals surface area contributed by atoms with Crippen molar-refractivity contribution in [3.63, 3.8) is 0 Å². The van der Waals surface area contributed by atoms with Gasteiger partial charge in [-0.15, -0.1) is 11.3 Å². The summed E-state index contributed by atoms with van der Waals surface area (Å²) in [7, 11) is 0. The Kier molecular flexibility index (Phi) is 5.84. The summed E-state index contributed by atoms with van der Waals surface area (Å²) >= 11 is 1.58. The molecule has 0 radical (unpaired) electrons. The van der Waals surface area contributed by atoms with Gasteiger partial charge in [0, 0.05) is 59.5 Å². The largest absolute Gasteiger partial charge is 0.337 e. The van der Waals surface area contributed by atoms with Crippen LogP contribution in [0.5, 0.6) is 0 Å². The first kappa shape index (κ1) is 22.0. The summed E-state index contributed by atoms with van der Waals surface area (Å²) < 4.78 is 1.14. The summed E-state index contributed by atoms with van der Waals surface area (Å²) in [5.41, 5.74) is 2.86. The van der Waals surface area contributed by atoms with Crippen molar-refractivity contribution in [1.29, 1.82) is 0 Å². The van der Waals surface area contributed by atoms with E-state index >= 15 is 0 Å². The number of benzene rings is 3. The topological polar surface area (TPSA) is 52.7 Å². The highest BCUT2D eigenvalue weighted by atomic mass is 32.1. The van der Waals surface area contributed by atoms with Gasteiger partial charge in [-0.3, -0.25) is 9.59 Å². The Labute approximate surface area is 209 Å². The Bertz CT molecular complexity index is 1360. The summed E-state index contributed by atoms with van der Waals surface area (Å²) in [5.74, 6) is 0.203. The molecule has 1 unspecified atom stereocenters. The highest BCUT2D eigenvalue weighted by Crippen LogP contribution is 2.39. The predicted molar refractivity (Wildman–Crippen MR) is 141 cm³/mol. The lowest BCUT2D eigenvalue weighted by Gasteiger charge is -2.41. The molecule has 4 aromatic rings. The third kappa shape index (κ3) is 4.24. The van der Waals surface area contributed by atoms with Gasteiger partial charge in [-0.25, -0.2) is 0 Å². The maximum Gasteiger partial charge on any atom is 0.264 e. The summed E-state index contributed by atoms with van der Waals surface area (Å²) in [5, 5.41) is 4.81. The Balaban J connectivity index is 1.11. The molecule has 5 nitrogen and oxygen atoms in total. The number of rotatable bonds is 5. The van der Waals surface area contributed by atoms with Crippen molar-refractivity contribution < 1.29 is 9.59 Å². The van der Waals surface area contributed by atoms with Gasteiger partial charge in [0.25, 0.3) is 11.8 Å². The third-order valence-electron chi connectivity index (χ3n) is 6.99. The van der Waals surface area contributed by atoms with Crippen LogP contribution in [0.4, 0.5) is 0 Å². The molecule has 1 atom stereocenters. The van der Waals surface area contributed by atoms with Gasteiger partial charge in [0.05, 0.1) is 0 Å². The van der Waals surface area contributed by atoms with Crippen LogP contribution in [-0.4, -0.2) is 59.9 Å². The predicted octanol–water partition coefficient (Wildman–Crippen LogP) is 4.90. The van der Waals surface area contributed by atoms with Crippen LogP contribution >= 0.6 is 11.3 Å². The zero-order chi connectivity index (χ0) is 23.8. The molecule has 2 aliphatic rings. The average Bonchev–Trinajstić information content (AvgIpc) is 3.51. The second-order valence-corrected chi connectivity index (χ2v) is 10.4. The molecule has 1 N–H and O–H groups in total. The van der Waals surface area contributed by atoms with Crippen LogP contribution in [-0.2, 0) is 0 Å². The fourth-order valence-corrected chi connectivity index (χ4v) is 6.35. The van der Waals surface area contributed by atoms with E-state index in [1.807, 2.05) is 70.5 Å². The van der Waals surface area contributed by atoms with E-state index in [1.165, 1.54) is 0 Å². The highest BCUT2D eigenvalue weighted by molar-refractivity contribution is 7.21. The van der Waals surface area contributed by atoms with E-state index in [0.717, 1.165) is 44.6 Å². The van der Waals surface area contributed by atoms with Gasteiger partial charge >= 0.3 is 0 Å². The maximum atomic E-state index is 13.5. The Hall–Kier alpha value is -3.48. The second kappa shape index (κ2) is 9.29. The van der Waals surface area contributed by atoms with E-state index in [2.05, 4.69) is 29.6 Å². The first-order valence-corrected chi connectivity index (χ1v) is 13.0. The van der Waals surface area contributed by atoms with E-state index in [9.17, 15) is 9.59 Å². The molecule has 2 saturated heterocycles. The van der Waals surface area contributed by atoms with E-state index in [-0.39, 0.29) is 23.9 Å². The fraction of sp³-hybridized carbons (Fsp3) is 0.241. The first-order valence-electron chi connectivity index (χ1n) is 12.1. The van der Waals surface area contributed by atoms with E-state index in [4.69, 9.17) is 0 Å². The number of nitrogens with one attached hydrogen (secondary N) is 1. The van der Waals surface area contributed by atoms with Crippen LogP contribution in [0.2, 0.25) is 0 Å². The summed E-state index contributed by atoms with van der Waals surface area (Å²) in [6.07, 6.45) is 0.942. The van der Waals surface area contributed by atoms with Gasteiger partial charge < -0.3 is 15.1 Å². The first-order chi connectivity index (χ1) is 17.2. The quantitative estimate of drug-likeness (QED) is 0.441. The van der Waals surface area contributed by atoms with E-state index in [1.54, 1.807) is 11.3 Å². The second-order valence-electron chi connectivity index (χ2n) is 9.34. The van der Waals surface area contributed by atoms with Crippen molar-refractivity contribution in [1.82, 2.24) is 15.1 Å². The van der Waals surface area contributed by atoms with Crippen molar-refractivity contribution in [2.45, 2.75) is 18.5 Å². The van der Waals surface area contributed by atoms with E-state index < -0.39 is 0 Å². The lowest BCUT2D eigenvalue weighted by molar-refractivity contribution is 0.0558. The molecule has 0 bridgehead atoms. The number of hydrogen-bond donors (Lipinski definition) is 1. The maximum absolute atomic E-state index is 13.5. The number of nitrogens with zero attached hydrogens (tertiary/aromatic N) is 2. The van der Waals surface area contributed by atoms with Crippen molar-refractivity contribution >= 4 is 33.2 Å². The SMILES string of the molecule is O=C(c1ccccc1)N1CCC(NC2CN(C(=O)c3sc4ccccc4c3-c3ccccc3)C2)C1. The lowest BCUT2D eigenvalue weighted by Crippen LogP contribution is -2.62. The molecule has 1 aromatic heterocycles. The molecule has 0 aliphatic carbocycles. The van der Waals surface area contributed by atoms with Crippen molar-refractivity contribution in [2.24, 2.45) is 0 Å². The number of likely N-dealkylation sites (tertiary alicyclic amines) is 2. The summed E-state index contributed by atoms with van der Waals surface area (Å²) in [6.45, 7) is 2.88. The van der Waals surface area contributed by atoms with Crippen LogP contribution in [0.25, 0.3) is 21.2 Å². The number of fused-ring (bicyclic) bond motifs is 1. The Morgan fingerprint density at radius 3 is 2.17 bits per heavy atom. The number of carbonyl (C=O) groups excluding carboxylic acids is 2. The molecule has 0 saturated carbocycles. The number of thiophene rings is 1. The van der Waals surface area contributed by atoms with Gasteiger partial charge in [-0.2, -0.15) is 0 Å². The smallest absolute Gasteiger partial charge is 0.264 e. The molecule has 6 rings (SSSR count). The molecular formula is C29H27N3O2S. The zero-order valence-electron chi connectivity index (χ0n) is 19.4. The van der Waals surface area contributed by atoms with Crippen molar-refractivity contribution in [3.8, 4) is 11.1 Å². The number of amides is 2. The van der Waals surface area contributed by atoms with Crippen LogP contribution in [0.1, 0.15) is 26.5 Å². The minimum atomic E-state index is 0.0958. The zero-order valence-corrected chi connectivity index (χ0v) is 20.2. The van der Waals surface area contributed by atoms with Gasteiger partial charge in [0.1, 0.15) is 4.88 Å². The van der Waals surface area contributed by atoms with Gasteiger partial charge in [-0.1, -0.05) is 66.7 Å². The van der Waals surface area contributed by atoms with Crippen molar-refractivity contribution in [3.05, 3.63) is 95.4 Å². The molecule has 2 aliphatic heterocycles. The third-order valence-corrected chi connectivity index (χ3v) is 8.15. The summed E-state index contributed by atoms with van der Waals surface area (Å²) in [6, 6.07) is 28.5. The van der Waals surface area contributed by atoms with Gasteiger partial charge in [0.2, 0.25) is 0 Å². The minimum Gasteiger partial charge on any atom is -0.337 e. The molecule has 2 amide bonds. The van der Waals surface area contributed by atoms with Gasteiger partial charge in [0.15, 0.2) is 0 Å². The fourth-order valence-electron chi connectivity index (χ4n) is 5.16. The molecule has 0 spiro atoms. The van der Waals surface area contributed by atoms with Crippen molar-refractivity contribution in [2.75, 3.05) is 26.2 Å². The summed E-state index contributed by atoms with van der Waals surface area (Å²) in [4.78, 5) is 30.9. The van der Waals surface area contributed by atoms with Crippen LogP contribution in [0, 0.1) is 0 Å². The highest BCUT2D eigenvalue weighted by Gasteiger charge is 2.36. The standard InChI is InChI=1S/C29H27N3O2S/c33-28(21-11-5-2-6-12-21)31-16-15-22(17-31)30-23-18-32(19-23)29(34)27-26(20-9-3-1-4-10-20)24-13-7-8-14-25(24)35-27/h1-14,22-23,30H,15-19H2. The van der Waals surface area contributed by atoms with Crippen LogP contribution in [0.3, 0.4) is 0 Å². The molecule has 2 fully saturated rings. The molecular weight excluding hydrogens is 454 g/mol. The minimum absolute atomic E-state index is 0.0958. The Morgan fingerprint density at radius 2 is 1.40 bits per heavy atom. The van der Waals surface area contributed by atoms with Crippen LogP contribution < -0.4 is 5.32 Å². The number of hydrogen-bond acceptors (Lipinski definition) is 4. The Morgan fingerprint density at radius 1 is 0.743 bits per heavy atom. The van der Waals surface area contributed by atoms with Crippen LogP contribution in [0.15, 0.2) is 84.9 Å². The number of carbonyl (C=O) groups is 2. The molecule has 3 aromatic carbocycles. The van der Waals surface area contributed by atoms with Gasteiger partial charge in [-0.05, 0) is 30.2 Å². The van der Waals surface area contributed by atoms with E-state index in [0.29, 0.717) is 19.6 Å². The molecule has 3 heterocycles. The normalized spacial score (nSPS) is 18.1. The molecule has 176 valence electrons. The lowest BCUT2D eigenvalue weighted by atomic mass is 10.00. The average molecular weight is 482 g/mol. The molecule has 6 heteroatoms. The molecule has 35 heavy (non-hydrogen) atoms.